The van der Waals surface area contributed by atoms with Gasteiger partial charge in [0.05, 0.1) is 22.6 Å². The Bertz CT molecular complexity index is 1520. The molecule has 5 aromatic rings. The highest BCUT2D eigenvalue weighted by Crippen LogP contribution is 2.25. The molecule has 5 rings (SSSR count). The van der Waals surface area contributed by atoms with Crippen molar-refractivity contribution in [2.75, 3.05) is 0 Å². The number of pyridine rings is 1. The summed E-state index contributed by atoms with van der Waals surface area (Å²) in [5.74, 6) is -0.329. The molecule has 0 aliphatic rings. The molecule has 1 atom stereocenters. The van der Waals surface area contributed by atoms with Crippen LogP contribution in [0.5, 0.6) is 0 Å². The van der Waals surface area contributed by atoms with E-state index < -0.39 is 6.04 Å². The summed E-state index contributed by atoms with van der Waals surface area (Å²) in [6.45, 7) is 1.83. The number of carbonyl (C=O) groups excluding carboxylic acids is 1. The summed E-state index contributed by atoms with van der Waals surface area (Å²) in [4.78, 5) is 30.8. The summed E-state index contributed by atoms with van der Waals surface area (Å²) < 4.78 is 3.13. The molecule has 0 aliphatic heterocycles. The van der Waals surface area contributed by atoms with Crippen LogP contribution in [0.25, 0.3) is 22.1 Å². The number of carbonyl (C=O) groups is 1. The van der Waals surface area contributed by atoms with Crippen LogP contribution in [0, 0.1) is 0 Å². The van der Waals surface area contributed by atoms with Gasteiger partial charge in [-0.1, -0.05) is 41.9 Å². The predicted molar refractivity (Wildman–Crippen MR) is 123 cm³/mol. The average Bonchev–Trinajstić information content (AvgIpc) is 3.24. The smallest absolute Gasteiger partial charge is 0.264 e. The van der Waals surface area contributed by atoms with Crippen LogP contribution in [-0.4, -0.2) is 25.1 Å². The number of benzene rings is 2. The Balaban J connectivity index is 1.62. The van der Waals surface area contributed by atoms with Crippen molar-refractivity contribution in [2.24, 2.45) is 0 Å². The van der Waals surface area contributed by atoms with Crippen molar-refractivity contribution in [1.82, 2.24) is 24.5 Å². The van der Waals surface area contributed by atoms with E-state index in [0.717, 1.165) is 0 Å². The molecule has 3 heterocycles. The zero-order chi connectivity index (χ0) is 22.2. The van der Waals surface area contributed by atoms with Crippen LogP contribution in [0.3, 0.4) is 0 Å². The molecule has 0 saturated heterocycles. The molecule has 32 heavy (non-hydrogen) atoms. The second-order valence-corrected chi connectivity index (χ2v) is 7.80. The van der Waals surface area contributed by atoms with Gasteiger partial charge in [0.15, 0.2) is 5.65 Å². The van der Waals surface area contributed by atoms with Gasteiger partial charge >= 0.3 is 0 Å². The lowest BCUT2D eigenvalue weighted by Crippen LogP contribution is -2.32. The zero-order valence-corrected chi connectivity index (χ0v) is 17.8. The lowest BCUT2D eigenvalue weighted by Gasteiger charge is -2.21. The van der Waals surface area contributed by atoms with Gasteiger partial charge in [-0.25, -0.2) is 9.50 Å². The van der Waals surface area contributed by atoms with Gasteiger partial charge < -0.3 is 5.32 Å². The number of aromatic nitrogens is 4. The maximum atomic E-state index is 13.5. The van der Waals surface area contributed by atoms with Gasteiger partial charge in [-0.05, 0) is 42.6 Å². The van der Waals surface area contributed by atoms with E-state index in [1.165, 1.54) is 10.7 Å². The number of para-hydroxylation sites is 1. The number of halogens is 1. The Morgan fingerprint density at radius 1 is 1.09 bits per heavy atom. The predicted octanol–water partition coefficient (Wildman–Crippen LogP) is 4.18. The second-order valence-electron chi connectivity index (χ2n) is 7.39. The molecule has 158 valence electrons. The minimum absolute atomic E-state index is 0.243. The Hall–Kier alpha value is -3.97. The standard InChI is InChI=1S/C24H18ClN5O2/c1-15(28-23(31)18-14-27-29-12-6-11-26-22(18)29)20-13-16-7-5-10-19(25)21(16)24(32)30(20)17-8-3-2-4-9-17/h2-15H,1H3,(H,28,31). The molecule has 1 unspecified atom stereocenters. The number of hydrogen-bond donors (Lipinski definition) is 1. The Morgan fingerprint density at radius 3 is 2.72 bits per heavy atom. The normalized spacial score (nSPS) is 12.2. The van der Waals surface area contributed by atoms with E-state index in [9.17, 15) is 9.59 Å². The quantitative estimate of drug-likeness (QED) is 0.452. The first kappa shape index (κ1) is 20.0. The SMILES string of the molecule is CC(NC(=O)c1cnn2cccnc12)c1cc2cccc(Cl)c2c(=O)n1-c1ccccc1. The van der Waals surface area contributed by atoms with Crippen LogP contribution in [0.1, 0.15) is 29.0 Å². The number of fused-ring (bicyclic) bond motifs is 2. The molecule has 0 bridgehead atoms. The first-order valence-corrected chi connectivity index (χ1v) is 10.4. The van der Waals surface area contributed by atoms with Crippen molar-refractivity contribution in [2.45, 2.75) is 13.0 Å². The average molecular weight is 444 g/mol. The highest BCUT2D eigenvalue weighted by Gasteiger charge is 2.21. The third kappa shape index (κ3) is 3.33. The van der Waals surface area contributed by atoms with Gasteiger partial charge in [0, 0.05) is 23.8 Å². The second kappa shape index (κ2) is 7.94. The molecular formula is C24H18ClN5O2. The number of rotatable bonds is 4. The van der Waals surface area contributed by atoms with Gasteiger partial charge in [-0.3, -0.25) is 14.2 Å². The van der Waals surface area contributed by atoms with E-state index in [0.29, 0.717) is 38.4 Å². The first-order valence-electron chi connectivity index (χ1n) is 10.0. The summed E-state index contributed by atoms with van der Waals surface area (Å²) in [6, 6.07) is 17.8. The fourth-order valence-corrected chi connectivity index (χ4v) is 4.10. The monoisotopic (exact) mass is 443 g/mol. The summed E-state index contributed by atoms with van der Waals surface area (Å²) in [7, 11) is 0. The highest BCUT2D eigenvalue weighted by molar-refractivity contribution is 6.35. The number of nitrogens with one attached hydrogen (secondary N) is 1. The van der Waals surface area contributed by atoms with Crippen LogP contribution in [0.4, 0.5) is 0 Å². The molecule has 8 heteroatoms. The van der Waals surface area contributed by atoms with E-state index in [1.807, 2.05) is 49.4 Å². The van der Waals surface area contributed by atoms with Crippen molar-refractivity contribution in [3.8, 4) is 5.69 Å². The van der Waals surface area contributed by atoms with E-state index in [2.05, 4.69) is 15.4 Å². The van der Waals surface area contributed by atoms with Crippen molar-refractivity contribution >= 4 is 33.9 Å². The van der Waals surface area contributed by atoms with Crippen molar-refractivity contribution in [3.05, 3.63) is 106 Å². The van der Waals surface area contributed by atoms with Crippen LogP contribution < -0.4 is 10.9 Å². The molecular weight excluding hydrogens is 426 g/mol. The van der Waals surface area contributed by atoms with Crippen LogP contribution in [0.2, 0.25) is 5.02 Å². The van der Waals surface area contributed by atoms with Crippen molar-refractivity contribution in [3.63, 3.8) is 0 Å². The summed E-state index contributed by atoms with van der Waals surface area (Å²) in [6.07, 6.45) is 4.81. The Kier molecular flexibility index (Phi) is 4.95. The van der Waals surface area contributed by atoms with Crippen LogP contribution in [0.15, 0.2) is 84.0 Å². The fraction of sp³-hybridized carbons (Fsp3) is 0.0833. The molecule has 2 aromatic carbocycles. The number of amides is 1. The fourth-order valence-electron chi connectivity index (χ4n) is 3.84. The zero-order valence-electron chi connectivity index (χ0n) is 17.1. The summed E-state index contributed by atoms with van der Waals surface area (Å²) >= 11 is 6.36. The van der Waals surface area contributed by atoms with Gasteiger partial charge in [-0.15, -0.1) is 0 Å². The third-order valence-corrected chi connectivity index (χ3v) is 5.67. The first-order chi connectivity index (χ1) is 15.5. The third-order valence-electron chi connectivity index (χ3n) is 5.35. The summed E-state index contributed by atoms with van der Waals surface area (Å²) in [5.41, 5.74) is 1.90. The topological polar surface area (TPSA) is 81.3 Å². The van der Waals surface area contributed by atoms with Crippen molar-refractivity contribution < 1.29 is 4.79 Å². The molecule has 0 radical (unpaired) electrons. The maximum absolute atomic E-state index is 13.5. The maximum Gasteiger partial charge on any atom is 0.264 e. The molecule has 3 aromatic heterocycles. The van der Waals surface area contributed by atoms with E-state index in [-0.39, 0.29) is 11.5 Å². The minimum Gasteiger partial charge on any atom is -0.344 e. The van der Waals surface area contributed by atoms with Crippen LogP contribution in [-0.2, 0) is 0 Å². The molecule has 0 spiro atoms. The van der Waals surface area contributed by atoms with Crippen molar-refractivity contribution in [1.29, 1.82) is 0 Å². The summed E-state index contributed by atoms with van der Waals surface area (Å²) in [5, 5.41) is 8.69. The van der Waals surface area contributed by atoms with E-state index in [4.69, 9.17) is 11.6 Å². The van der Waals surface area contributed by atoms with E-state index >= 15 is 0 Å². The number of hydrogen-bond acceptors (Lipinski definition) is 4. The van der Waals surface area contributed by atoms with E-state index in [1.54, 1.807) is 35.2 Å². The van der Waals surface area contributed by atoms with Gasteiger partial charge in [0.1, 0.15) is 5.56 Å². The molecule has 0 aliphatic carbocycles. The molecule has 1 amide bonds. The van der Waals surface area contributed by atoms with Gasteiger partial charge in [-0.2, -0.15) is 5.10 Å². The lowest BCUT2D eigenvalue weighted by molar-refractivity contribution is 0.0940. The highest BCUT2D eigenvalue weighted by atomic mass is 35.5. The largest absolute Gasteiger partial charge is 0.344 e. The molecule has 1 N–H and O–H groups in total. The Labute approximate surface area is 187 Å². The molecule has 0 saturated carbocycles. The molecule has 0 fully saturated rings. The van der Waals surface area contributed by atoms with Gasteiger partial charge in [0.2, 0.25) is 0 Å². The lowest BCUT2D eigenvalue weighted by atomic mass is 10.1. The van der Waals surface area contributed by atoms with Crippen LogP contribution >= 0.6 is 11.6 Å². The number of nitrogens with zero attached hydrogens (tertiary/aromatic N) is 4. The molecule has 7 nitrogen and oxygen atoms in total. The minimum atomic E-state index is -0.488. The Morgan fingerprint density at radius 2 is 1.91 bits per heavy atom. The van der Waals surface area contributed by atoms with Gasteiger partial charge in [0.25, 0.3) is 11.5 Å².